The van der Waals surface area contributed by atoms with E-state index in [2.05, 4.69) is 0 Å². The molecule has 0 N–H and O–H groups in total. The third-order valence-electron chi connectivity index (χ3n) is 4.46. The van der Waals surface area contributed by atoms with Gasteiger partial charge in [0.05, 0.1) is 10.7 Å². The van der Waals surface area contributed by atoms with Gasteiger partial charge in [-0.15, -0.1) is 0 Å². The van der Waals surface area contributed by atoms with E-state index in [9.17, 15) is 9.59 Å². The summed E-state index contributed by atoms with van der Waals surface area (Å²) in [5.74, 6) is 0. The minimum atomic E-state index is -0.123. The Kier molecular flexibility index (Phi) is 3.90. The molecule has 0 amide bonds. The van der Waals surface area contributed by atoms with Crippen molar-refractivity contribution in [2.75, 3.05) is 0 Å². The molecule has 3 aromatic rings. The van der Waals surface area contributed by atoms with Crippen LogP contribution >= 0.6 is 0 Å². The van der Waals surface area contributed by atoms with Gasteiger partial charge in [-0.25, -0.2) is 0 Å². The van der Waals surface area contributed by atoms with E-state index >= 15 is 0 Å². The number of hydrogen-bond acceptors (Lipinski definition) is 2. The molecular formula is C19H20N2O2. The normalized spacial score (nSPS) is 12.7. The second kappa shape index (κ2) is 5.88. The van der Waals surface area contributed by atoms with Crippen molar-refractivity contribution >= 4 is 17.4 Å². The standard InChI is InChI=1S/C19H20N2O2/c1-4-13-15(12-22)18(19(23)21-11-7-9-17(13)21)14(5-2)16-8-6-10-20(16)3/h6-12H,4-5H2,1-3H3/b18-14+. The Bertz CT molecular complexity index is 992. The molecule has 0 unspecified atom stereocenters. The third kappa shape index (κ3) is 2.22. The summed E-state index contributed by atoms with van der Waals surface area (Å²) in [4.78, 5) is 24.8. The SMILES string of the molecule is CC/C(c1cccn1C)=c1/c(C=O)c(CC)c2cccn2c1=O. The molecule has 0 spiro atoms. The number of aromatic nitrogens is 2. The second-order valence-electron chi connectivity index (χ2n) is 5.64. The summed E-state index contributed by atoms with van der Waals surface area (Å²) in [6, 6.07) is 7.68. The van der Waals surface area contributed by atoms with Gasteiger partial charge in [0, 0.05) is 30.7 Å². The van der Waals surface area contributed by atoms with Crippen LogP contribution in [0, 0.1) is 0 Å². The molecular weight excluding hydrogens is 288 g/mol. The monoisotopic (exact) mass is 308 g/mol. The van der Waals surface area contributed by atoms with Gasteiger partial charge in [0.1, 0.15) is 0 Å². The molecule has 0 bridgehead atoms. The Labute approximate surface area is 134 Å². The number of aldehydes is 1. The lowest BCUT2D eigenvalue weighted by Crippen LogP contribution is -2.37. The number of pyridine rings is 1. The van der Waals surface area contributed by atoms with Crippen LogP contribution in [0.3, 0.4) is 0 Å². The number of hydrogen-bond donors (Lipinski definition) is 0. The lowest BCUT2D eigenvalue weighted by Gasteiger charge is -2.11. The van der Waals surface area contributed by atoms with Crippen LogP contribution in [0.1, 0.15) is 41.9 Å². The van der Waals surface area contributed by atoms with Gasteiger partial charge < -0.3 is 4.57 Å². The maximum Gasteiger partial charge on any atom is 0.263 e. The Hall–Kier alpha value is -2.62. The zero-order chi connectivity index (χ0) is 16.6. The molecule has 0 atom stereocenters. The van der Waals surface area contributed by atoms with Gasteiger partial charge in [0.15, 0.2) is 6.29 Å². The predicted octanol–water partition coefficient (Wildman–Crippen LogP) is 2.34. The lowest BCUT2D eigenvalue weighted by molar-refractivity contribution is 0.112. The summed E-state index contributed by atoms with van der Waals surface area (Å²) in [7, 11) is 1.95. The van der Waals surface area contributed by atoms with Gasteiger partial charge in [0.2, 0.25) is 0 Å². The molecule has 0 aromatic carbocycles. The molecule has 4 heteroatoms. The Morgan fingerprint density at radius 3 is 2.48 bits per heavy atom. The number of aryl methyl sites for hydroxylation is 2. The molecule has 3 rings (SSSR count). The van der Waals surface area contributed by atoms with Crippen molar-refractivity contribution in [2.45, 2.75) is 26.7 Å². The largest absolute Gasteiger partial charge is 0.351 e. The molecule has 3 aromatic heterocycles. The number of rotatable bonds is 4. The predicted molar refractivity (Wildman–Crippen MR) is 91.9 cm³/mol. The van der Waals surface area contributed by atoms with Gasteiger partial charge in [-0.1, -0.05) is 13.8 Å². The molecule has 0 saturated heterocycles. The Morgan fingerprint density at radius 2 is 1.91 bits per heavy atom. The molecule has 0 radical (unpaired) electrons. The summed E-state index contributed by atoms with van der Waals surface area (Å²) in [6.45, 7) is 4.03. The fourth-order valence-electron chi connectivity index (χ4n) is 3.38. The van der Waals surface area contributed by atoms with E-state index in [4.69, 9.17) is 0 Å². The molecule has 0 aliphatic carbocycles. The molecule has 0 aliphatic rings. The molecule has 0 fully saturated rings. The highest BCUT2D eigenvalue weighted by Crippen LogP contribution is 2.17. The summed E-state index contributed by atoms with van der Waals surface area (Å²) in [6.07, 6.45) is 5.95. The molecule has 118 valence electrons. The van der Waals surface area contributed by atoms with E-state index in [1.807, 2.05) is 55.9 Å². The van der Waals surface area contributed by atoms with E-state index < -0.39 is 0 Å². The van der Waals surface area contributed by atoms with Crippen LogP contribution in [0.25, 0.3) is 11.1 Å². The first-order valence-electron chi connectivity index (χ1n) is 7.89. The summed E-state index contributed by atoms with van der Waals surface area (Å²) >= 11 is 0. The number of nitrogens with zero attached hydrogens (tertiary/aromatic N) is 2. The van der Waals surface area contributed by atoms with Crippen LogP contribution in [-0.4, -0.2) is 15.3 Å². The van der Waals surface area contributed by atoms with Crippen molar-refractivity contribution in [2.24, 2.45) is 7.05 Å². The van der Waals surface area contributed by atoms with Crippen molar-refractivity contribution in [1.82, 2.24) is 8.97 Å². The molecule has 3 heterocycles. The summed E-state index contributed by atoms with van der Waals surface area (Å²) in [5.41, 5.74) is 4.05. The van der Waals surface area contributed by atoms with Crippen LogP contribution in [0.4, 0.5) is 0 Å². The number of carbonyl (C=O) groups is 1. The van der Waals surface area contributed by atoms with Crippen LogP contribution in [0.15, 0.2) is 41.5 Å². The highest BCUT2D eigenvalue weighted by atomic mass is 16.1. The quantitative estimate of drug-likeness (QED) is 0.694. The fourth-order valence-corrected chi connectivity index (χ4v) is 3.38. The van der Waals surface area contributed by atoms with E-state index in [1.165, 1.54) is 0 Å². The maximum absolute atomic E-state index is 13.0. The van der Waals surface area contributed by atoms with Gasteiger partial charge in [0.25, 0.3) is 5.56 Å². The van der Waals surface area contributed by atoms with E-state index in [1.54, 1.807) is 10.6 Å². The smallest absolute Gasteiger partial charge is 0.263 e. The summed E-state index contributed by atoms with van der Waals surface area (Å²) in [5, 5.41) is 0.532. The van der Waals surface area contributed by atoms with E-state index in [0.717, 1.165) is 28.6 Å². The van der Waals surface area contributed by atoms with Gasteiger partial charge in [-0.05, 0) is 48.2 Å². The molecule has 23 heavy (non-hydrogen) atoms. The zero-order valence-electron chi connectivity index (χ0n) is 13.7. The average Bonchev–Trinajstić information content (AvgIpc) is 3.19. The van der Waals surface area contributed by atoms with Crippen molar-refractivity contribution in [3.05, 3.63) is 69.1 Å². The van der Waals surface area contributed by atoms with Gasteiger partial charge in [-0.3, -0.25) is 14.0 Å². The Morgan fingerprint density at radius 1 is 1.17 bits per heavy atom. The van der Waals surface area contributed by atoms with Gasteiger partial charge in [-0.2, -0.15) is 0 Å². The molecule has 0 saturated carbocycles. The average molecular weight is 308 g/mol. The van der Waals surface area contributed by atoms with E-state index in [0.29, 0.717) is 23.6 Å². The minimum Gasteiger partial charge on any atom is -0.351 e. The van der Waals surface area contributed by atoms with Crippen molar-refractivity contribution in [1.29, 1.82) is 0 Å². The van der Waals surface area contributed by atoms with Gasteiger partial charge >= 0.3 is 0 Å². The van der Waals surface area contributed by atoms with Crippen molar-refractivity contribution < 1.29 is 4.79 Å². The maximum atomic E-state index is 13.0. The van der Waals surface area contributed by atoms with Crippen molar-refractivity contribution in [3.8, 4) is 0 Å². The zero-order valence-corrected chi connectivity index (χ0v) is 13.7. The highest BCUT2D eigenvalue weighted by molar-refractivity contribution is 5.84. The topological polar surface area (TPSA) is 43.5 Å². The third-order valence-corrected chi connectivity index (χ3v) is 4.46. The minimum absolute atomic E-state index is 0.123. The first kappa shape index (κ1) is 15.3. The highest BCUT2D eigenvalue weighted by Gasteiger charge is 2.16. The molecule has 4 nitrogen and oxygen atoms in total. The van der Waals surface area contributed by atoms with Crippen LogP contribution in [0.5, 0.6) is 0 Å². The first-order chi connectivity index (χ1) is 11.1. The van der Waals surface area contributed by atoms with Crippen LogP contribution in [0.2, 0.25) is 0 Å². The fraction of sp³-hybridized carbons (Fsp3) is 0.263. The van der Waals surface area contributed by atoms with Crippen molar-refractivity contribution in [3.63, 3.8) is 0 Å². The number of fused-ring (bicyclic) bond motifs is 1. The Balaban J connectivity index is 2.62. The number of carbonyl (C=O) groups excluding carboxylic acids is 1. The van der Waals surface area contributed by atoms with E-state index in [-0.39, 0.29) is 5.56 Å². The lowest BCUT2D eigenvalue weighted by atomic mass is 9.98. The summed E-state index contributed by atoms with van der Waals surface area (Å²) < 4.78 is 3.64. The molecule has 0 aliphatic heterocycles. The first-order valence-corrected chi connectivity index (χ1v) is 7.89. The van der Waals surface area contributed by atoms with Crippen LogP contribution in [-0.2, 0) is 13.5 Å². The van der Waals surface area contributed by atoms with Crippen LogP contribution < -0.4 is 10.8 Å². The second-order valence-corrected chi connectivity index (χ2v) is 5.64.